The zero-order valence-electron chi connectivity index (χ0n) is 29.9. The molecular formula is C50H29N5S. The lowest BCUT2D eigenvalue weighted by Crippen LogP contribution is -2.00. The molecule has 0 spiro atoms. The molecule has 0 aliphatic heterocycles. The van der Waals surface area contributed by atoms with Gasteiger partial charge in [-0.05, 0) is 56.8 Å². The summed E-state index contributed by atoms with van der Waals surface area (Å²) >= 11 is 1.83. The van der Waals surface area contributed by atoms with Crippen LogP contribution < -0.4 is 0 Å². The maximum absolute atomic E-state index is 5.52. The van der Waals surface area contributed by atoms with Crippen molar-refractivity contribution in [2.24, 2.45) is 0 Å². The minimum atomic E-state index is 0.632. The van der Waals surface area contributed by atoms with Gasteiger partial charge in [0.2, 0.25) is 0 Å². The minimum absolute atomic E-state index is 0.632. The van der Waals surface area contributed by atoms with E-state index in [1.165, 1.54) is 47.1 Å². The van der Waals surface area contributed by atoms with E-state index in [-0.39, 0.29) is 0 Å². The van der Waals surface area contributed by atoms with Gasteiger partial charge in [0.15, 0.2) is 23.1 Å². The highest BCUT2D eigenvalue weighted by atomic mass is 32.1. The first-order valence-corrected chi connectivity index (χ1v) is 19.5. The largest absolute Gasteiger partial charge is 0.291 e. The van der Waals surface area contributed by atoms with Crippen molar-refractivity contribution < 1.29 is 0 Å². The van der Waals surface area contributed by atoms with Gasteiger partial charge in [-0.1, -0.05) is 152 Å². The Labute approximate surface area is 324 Å². The third-order valence-corrected chi connectivity index (χ3v) is 12.2. The molecule has 0 bridgehead atoms. The fourth-order valence-electron chi connectivity index (χ4n) is 8.28. The summed E-state index contributed by atoms with van der Waals surface area (Å²) in [7, 11) is 0. The standard InChI is InChI=1S/C50H29N5S/c1-3-12-32(13-4-1)47-52-48(33-14-5-2-6-15-33)54-49(53-47)34-21-19-31(20-22-34)43-29-41-40-27-35-16-7-8-17-36(35)28-44(40)56-46(41)50-51-45-39-24-23-30-11-9-10-18-37(30)38(39)25-26-42(45)55(43)50/h1-29H. The number of thiophene rings is 1. The summed E-state index contributed by atoms with van der Waals surface area (Å²) in [5.74, 6) is 1.92. The van der Waals surface area contributed by atoms with Crippen LogP contribution in [0.3, 0.4) is 0 Å². The molecule has 12 aromatic rings. The van der Waals surface area contributed by atoms with Crippen molar-refractivity contribution in [1.29, 1.82) is 0 Å². The predicted octanol–water partition coefficient (Wildman–Crippen LogP) is 13.2. The van der Waals surface area contributed by atoms with Crippen LogP contribution in [0.2, 0.25) is 0 Å². The van der Waals surface area contributed by atoms with E-state index in [1.807, 2.05) is 72.0 Å². The minimum Gasteiger partial charge on any atom is -0.291 e. The van der Waals surface area contributed by atoms with Crippen LogP contribution in [0.15, 0.2) is 176 Å². The van der Waals surface area contributed by atoms with E-state index >= 15 is 0 Å². The molecule has 0 N–H and O–H groups in total. The van der Waals surface area contributed by atoms with Gasteiger partial charge < -0.3 is 0 Å². The number of imidazole rings is 1. The van der Waals surface area contributed by atoms with Crippen LogP contribution in [-0.2, 0) is 0 Å². The van der Waals surface area contributed by atoms with Gasteiger partial charge in [0.25, 0.3) is 0 Å². The van der Waals surface area contributed by atoms with E-state index in [9.17, 15) is 0 Å². The van der Waals surface area contributed by atoms with E-state index in [0.29, 0.717) is 17.5 Å². The van der Waals surface area contributed by atoms with E-state index in [4.69, 9.17) is 19.9 Å². The van der Waals surface area contributed by atoms with Crippen molar-refractivity contribution in [3.8, 4) is 45.4 Å². The molecule has 0 aliphatic carbocycles. The Bertz CT molecular complexity index is 3460. The summed E-state index contributed by atoms with van der Waals surface area (Å²) in [6.07, 6.45) is 0. The zero-order chi connectivity index (χ0) is 36.7. The molecule has 0 saturated heterocycles. The Balaban J connectivity index is 1.10. The van der Waals surface area contributed by atoms with Crippen molar-refractivity contribution in [1.82, 2.24) is 24.3 Å². The number of hydrogen-bond donors (Lipinski definition) is 0. The molecule has 0 saturated carbocycles. The van der Waals surface area contributed by atoms with Gasteiger partial charge in [0.05, 0.1) is 21.4 Å². The first-order valence-electron chi connectivity index (χ1n) is 18.7. The van der Waals surface area contributed by atoms with E-state index in [0.717, 1.165) is 50.0 Å². The first-order chi connectivity index (χ1) is 27.7. The van der Waals surface area contributed by atoms with E-state index in [1.54, 1.807) is 0 Å². The van der Waals surface area contributed by atoms with Crippen molar-refractivity contribution in [3.63, 3.8) is 0 Å². The zero-order valence-corrected chi connectivity index (χ0v) is 30.7. The smallest absolute Gasteiger partial charge is 0.164 e. The Morgan fingerprint density at radius 3 is 1.64 bits per heavy atom. The predicted molar refractivity (Wildman–Crippen MR) is 233 cm³/mol. The number of hydrogen-bond acceptors (Lipinski definition) is 5. The fraction of sp³-hybridized carbons (Fsp3) is 0. The summed E-state index contributed by atoms with van der Waals surface area (Å²) in [6.45, 7) is 0. The van der Waals surface area contributed by atoms with Crippen molar-refractivity contribution >= 4 is 80.5 Å². The quantitative estimate of drug-likeness (QED) is 0.169. The van der Waals surface area contributed by atoms with E-state index in [2.05, 4.69) is 120 Å². The molecule has 56 heavy (non-hydrogen) atoms. The molecule has 0 aliphatic rings. The lowest BCUT2D eigenvalue weighted by molar-refractivity contribution is 1.07. The molecule has 6 heteroatoms. The third kappa shape index (κ3) is 4.79. The van der Waals surface area contributed by atoms with Crippen LogP contribution >= 0.6 is 11.3 Å². The van der Waals surface area contributed by atoms with Crippen molar-refractivity contribution in [3.05, 3.63) is 176 Å². The second-order valence-electron chi connectivity index (χ2n) is 14.3. The van der Waals surface area contributed by atoms with E-state index < -0.39 is 0 Å². The Morgan fingerprint density at radius 2 is 0.946 bits per heavy atom. The number of rotatable bonds is 4. The Hall–Kier alpha value is -7.28. The molecule has 260 valence electrons. The highest BCUT2D eigenvalue weighted by molar-refractivity contribution is 7.26. The van der Waals surface area contributed by atoms with Gasteiger partial charge in [-0.25, -0.2) is 19.9 Å². The van der Waals surface area contributed by atoms with Gasteiger partial charge in [-0.2, -0.15) is 0 Å². The summed E-state index contributed by atoms with van der Waals surface area (Å²) in [6, 6.07) is 62.0. The molecule has 12 rings (SSSR count). The highest BCUT2D eigenvalue weighted by Crippen LogP contribution is 2.43. The number of aromatic nitrogens is 5. The molecule has 0 radical (unpaired) electrons. The van der Waals surface area contributed by atoms with Gasteiger partial charge in [0, 0.05) is 37.5 Å². The summed E-state index contributed by atoms with van der Waals surface area (Å²) in [5.41, 5.74) is 8.05. The normalized spacial score (nSPS) is 11.9. The number of fused-ring (bicyclic) bond motifs is 12. The lowest BCUT2D eigenvalue weighted by atomic mass is 10.0. The molecule has 5 nitrogen and oxygen atoms in total. The molecular weight excluding hydrogens is 703 g/mol. The van der Waals surface area contributed by atoms with Crippen LogP contribution in [0, 0.1) is 0 Å². The second-order valence-corrected chi connectivity index (χ2v) is 15.3. The van der Waals surface area contributed by atoms with Crippen LogP contribution in [0.5, 0.6) is 0 Å². The van der Waals surface area contributed by atoms with Crippen LogP contribution in [0.1, 0.15) is 0 Å². The van der Waals surface area contributed by atoms with Gasteiger partial charge in [0.1, 0.15) is 0 Å². The maximum atomic E-state index is 5.52. The summed E-state index contributed by atoms with van der Waals surface area (Å²) in [5, 5.41) is 9.78. The summed E-state index contributed by atoms with van der Waals surface area (Å²) in [4.78, 5) is 20.4. The number of pyridine rings is 1. The molecule has 4 heterocycles. The average molecular weight is 732 g/mol. The summed E-state index contributed by atoms with van der Waals surface area (Å²) < 4.78 is 4.81. The van der Waals surface area contributed by atoms with Gasteiger partial charge in [-0.15, -0.1) is 11.3 Å². The Kier molecular flexibility index (Phi) is 6.73. The van der Waals surface area contributed by atoms with Gasteiger partial charge >= 0.3 is 0 Å². The molecule has 0 atom stereocenters. The molecule has 0 unspecified atom stereocenters. The average Bonchev–Trinajstić information content (AvgIpc) is 3.84. The molecule has 4 aromatic heterocycles. The first kappa shape index (κ1) is 31.1. The highest BCUT2D eigenvalue weighted by Gasteiger charge is 2.20. The maximum Gasteiger partial charge on any atom is 0.164 e. The molecule has 0 fully saturated rings. The number of nitrogens with zero attached hydrogens (tertiary/aromatic N) is 5. The van der Waals surface area contributed by atoms with Crippen LogP contribution in [0.25, 0.3) is 115 Å². The van der Waals surface area contributed by atoms with Crippen LogP contribution in [0.4, 0.5) is 0 Å². The monoisotopic (exact) mass is 731 g/mol. The SMILES string of the molecule is c1ccc(-c2nc(-c3ccccc3)nc(-c3ccc(-c4cc5c6cc7ccccc7cc6sc5c5nc6c7ccc8ccccc8c7ccc6n45)cc3)n2)cc1. The Morgan fingerprint density at radius 1 is 0.375 bits per heavy atom. The van der Waals surface area contributed by atoms with Crippen molar-refractivity contribution in [2.75, 3.05) is 0 Å². The number of benzene rings is 8. The molecule has 0 amide bonds. The van der Waals surface area contributed by atoms with Crippen molar-refractivity contribution in [2.45, 2.75) is 0 Å². The molecule has 8 aromatic carbocycles. The second kappa shape index (κ2) is 12.1. The topological polar surface area (TPSA) is 56.0 Å². The third-order valence-electron chi connectivity index (χ3n) is 11.0. The fourth-order valence-corrected chi connectivity index (χ4v) is 9.47. The van der Waals surface area contributed by atoms with Crippen LogP contribution in [-0.4, -0.2) is 24.3 Å². The lowest BCUT2D eigenvalue weighted by Gasteiger charge is -2.11. The van der Waals surface area contributed by atoms with Gasteiger partial charge in [-0.3, -0.25) is 4.40 Å².